The largest absolute Gasteiger partial charge is 0.367 e. The molecule has 0 aromatic heterocycles. The summed E-state index contributed by atoms with van der Waals surface area (Å²) in [7, 11) is 0. The van der Waals surface area contributed by atoms with E-state index in [1.165, 1.54) is 6.42 Å². The van der Waals surface area contributed by atoms with Gasteiger partial charge in [-0.25, -0.2) is 0 Å². The van der Waals surface area contributed by atoms with Crippen molar-refractivity contribution in [3.05, 3.63) is 0 Å². The normalized spacial score (nSPS) is 59.4. The summed E-state index contributed by atoms with van der Waals surface area (Å²) in [5.41, 5.74) is 5.10. The predicted octanol–water partition coefficient (Wildman–Crippen LogP) is 1.07. The molecule has 1 amide bonds. The lowest BCUT2D eigenvalue weighted by Crippen LogP contribution is -2.53. The zero-order valence-corrected chi connectivity index (χ0v) is 8.80. The fourth-order valence-electron chi connectivity index (χ4n) is 4.29. The van der Waals surface area contributed by atoms with Gasteiger partial charge in [0.05, 0.1) is 6.61 Å². The summed E-state index contributed by atoms with van der Waals surface area (Å²) >= 11 is 0. The van der Waals surface area contributed by atoms with Crippen LogP contribution in [0.1, 0.15) is 33.1 Å². The first-order valence-corrected chi connectivity index (χ1v) is 5.40. The first kappa shape index (κ1) is 8.72. The minimum atomic E-state index is -0.634. The van der Waals surface area contributed by atoms with E-state index >= 15 is 0 Å². The van der Waals surface area contributed by atoms with Crippen LogP contribution in [0, 0.1) is 16.7 Å². The molecule has 4 bridgehead atoms. The standard InChI is InChI=1S/C11H17NO2/c1-9-6-14-11(8(12)13)5-7(9)3-4-10(9,11)2/h7H,3-6H2,1-2H3,(H2,12,13)/t7-,9-,10+,11-/m0/s1. The van der Waals surface area contributed by atoms with Crippen molar-refractivity contribution >= 4 is 5.91 Å². The topological polar surface area (TPSA) is 52.3 Å². The molecule has 0 spiro atoms. The number of amides is 1. The molecule has 14 heavy (non-hydrogen) atoms. The Bertz CT molecular complexity index is 329. The van der Waals surface area contributed by atoms with Gasteiger partial charge in [0.2, 0.25) is 5.91 Å². The maximum absolute atomic E-state index is 11.6. The molecule has 0 radical (unpaired) electrons. The van der Waals surface area contributed by atoms with Gasteiger partial charge in [-0.05, 0) is 25.2 Å². The Morgan fingerprint density at radius 1 is 1.50 bits per heavy atom. The highest BCUT2D eigenvalue weighted by atomic mass is 16.5. The van der Waals surface area contributed by atoms with Gasteiger partial charge < -0.3 is 10.5 Å². The summed E-state index contributed by atoms with van der Waals surface area (Å²) in [6.07, 6.45) is 3.19. The molecule has 3 nitrogen and oxygen atoms in total. The van der Waals surface area contributed by atoms with Crippen molar-refractivity contribution in [2.75, 3.05) is 6.61 Å². The minimum Gasteiger partial charge on any atom is -0.367 e. The van der Waals surface area contributed by atoms with Crippen molar-refractivity contribution in [3.8, 4) is 0 Å². The smallest absolute Gasteiger partial charge is 0.250 e. The Kier molecular flexibility index (Phi) is 1.25. The molecule has 3 heteroatoms. The Morgan fingerprint density at radius 3 is 2.64 bits per heavy atom. The van der Waals surface area contributed by atoms with Gasteiger partial charge in [0, 0.05) is 10.8 Å². The van der Waals surface area contributed by atoms with Crippen LogP contribution >= 0.6 is 0 Å². The average molecular weight is 195 g/mol. The summed E-state index contributed by atoms with van der Waals surface area (Å²) in [5, 5.41) is 0. The van der Waals surface area contributed by atoms with E-state index in [9.17, 15) is 4.79 Å². The SMILES string of the molecule is C[C@]12CC[C@H]3C[C@@]1(C(N)=O)OC[C@@]32C. The van der Waals surface area contributed by atoms with E-state index in [0.29, 0.717) is 5.92 Å². The number of carbonyl (C=O) groups is 1. The van der Waals surface area contributed by atoms with Gasteiger partial charge in [0.25, 0.3) is 0 Å². The third-order valence-corrected chi connectivity index (χ3v) is 5.60. The number of hydrogen-bond acceptors (Lipinski definition) is 2. The van der Waals surface area contributed by atoms with Crippen LogP contribution in [-0.2, 0) is 9.53 Å². The Hall–Kier alpha value is -0.570. The van der Waals surface area contributed by atoms with Gasteiger partial charge in [0.1, 0.15) is 0 Å². The van der Waals surface area contributed by atoms with Gasteiger partial charge in [-0.15, -0.1) is 0 Å². The van der Waals surface area contributed by atoms with Crippen LogP contribution in [0.15, 0.2) is 0 Å². The molecule has 2 N–H and O–H groups in total. The van der Waals surface area contributed by atoms with Crippen molar-refractivity contribution in [2.24, 2.45) is 22.5 Å². The van der Waals surface area contributed by atoms with Gasteiger partial charge >= 0.3 is 0 Å². The van der Waals surface area contributed by atoms with Crippen molar-refractivity contribution < 1.29 is 9.53 Å². The van der Waals surface area contributed by atoms with Crippen LogP contribution < -0.4 is 5.73 Å². The summed E-state index contributed by atoms with van der Waals surface area (Å²) in [6, 6.07) is 0. The average Bonchev–Trinajstić information content (AvgIpc) is 2.58. The van der Waals surface area contributed by atoms with Crippen molar-refractivity contribution in [1.29, 1.82) is 0 Å². The molecule has 1 saturated heterocycles. The molecule has 2 aliphatic carbocycles. The third-order valence-electron chi connectivity index (χ3n) is 5.60. The number of nitrogens with two attached hydrogens (primary N) is 1. The molecule has 2 saturated carbocycles. The minimum absolute atomic E-state index is 0.00347. The van der Waals surface area contributed by atoms with Crippen LogP contribution in [0.3, 0.4) is 0 Å². The monoisotopic (exact) mass is 195 g/mol. The van der Waals surface area contributed by atoms with Gasteiger partial charge in [0.15, 0.2) is 5.60 Å². The molecule has 0 aromatic carbocycles. The van der Waals surface area contributed by atoms with Crippen LogP contribution in [0.25, 0.3) is 0 Å². The molecule has 78 valence electrons. The maximum Gasteiger partial charge on any atom is 0.250 e. The predicted molar refractivity (Wildman–Crippen MR) is 51.4 cm³/mol. The molecular formula is C11H17NO2. The van der Waals surface area contributed by atoms with Crippen LogP contribution in [-0.4, -0.2) is 18.1 Å². The summed E-state index contributed by atoms with van der Waals surface area (Å²) in [5.74, 6) is 0.402. The van der Waals surface area contributed by atoms with E-state index in [4.69, 9.17) is 10.5 Å². The number of hydrogen-bond donors (Lipinski definition) is 1. The fraction of sp³-hybridized carbons (Fsp3) is 0.909. The summed E-state index contributed by atoms with van der Waals surface area (Å²) < 4.78 is 5.77. The Labute approximate surface area is 84.0 Å². The molecule has 0 aromatic rings. The third kappa shape index (κ3) is 0.553. The second-order valence-corrected chi connectivity index (χ2v) is 5.67. The number of rotatable bonds is 1. The molecule has 1 heterocycles. The zero-order valence-electron chi connectivity index (χ0n) is 8.80. The van der Waals surface area contributed by atoms with Gasteiger partial charge in [-0.1, -0.05) is 13.8 Å². The van der Waals surface area contributed by atoms with Gasteiger partial charge in [-0.3, -0.25) is 4.79 Å². The fourth-order valence-corrected chi connectivity index (χ4v) is 4.29. The molecule has 0 unspecified atom stereocenters. The van der Waals surface area contributed by atoms with Crippen molar-refractivity contribution in [2.45, 2.75) is 38.7 Å². The van der Waals surface area contributed by atoms with Crippen molar-refractivity contribution in [3.63, 3.8) is 0 Å². The number of ether oxygens (including phenoxy) is 1. The highest BCUT2D eigenvalue weighted by Gasteiger charge is 2.78. The maximum atomic E-state index is 11.6. The second-order valence-electron chi connectivity index (χ2n) is 5.67. The van der Waals surface area contributed by atoms with Crippen LogP contribution in [0.4, 0.5) is 0 Å². The number of primary amides is 1. The zero-order chi connectivity index (χ0) is 10.2. The van der Waals surface area contributed by atoms with E-state index in [-0.39, 0.29) is 16.7 Å². The van der Waals surface area contributed by atoms with Gasteiger partial charge in [-0.2, -0.15) is 0 Å². The highest BCUT2D eigenvalue weighted by Crippen LogP contribution is 2.74. The molecule has 3 rings (SSSR count). The van der Waals surface area contributed by atoms with E-state index in [1.54, 1.807) is 0 Å². The lowest BCUT2D eigenvalue weighted by molar-refractivity contribution is -0.151. The summed E-state index contributed by atoms with van der Waals surface area (Å²) in [6.45, 7) is 5.18. The van der Waals surface area contributed by atoms with E-state index in [1.807, 2.05) is 0 Å². The lowest BCUT2D eigenvalue weighted by Gasteiger charge is -2.38. The Morgan fingerprint density at radius 2 is 2.21 bits per heavy atom. The molecule has 3 aliphatic rings. The first-order valence-electron chi connectivity index (χ1n) is 5.40. The first-order chi connectivity index (χ1) is 6.46. The number of carbonyl (C=O) groups excluding carboxylic acids is 1. The molecule has 3 fully saturated rings. The highest BCUT2D eigenvalue weighted by molar-refractivity contribution is 5.86. The lowest BCUT2D eigenvalue weighted by atomic mass is 9.66. The molecule has 1 aliphatic heterocycles. The van der Waals surface area contributed by atoms with E-state index in [2.05, 4.69) is 13.8 Å². The van der Waals surface area contributed by atoms with Crippen molar-refractivity contribution in [1.82, 2.24) is 0 Å². The quantitative estimate of drug-likeness (QED) is 0.680. The Balaban J connectivity index is 2.18. The van der Waals surface area contributed by atoms with Crippen LogP contribution in [0.5, 0.6) is 0 Å². The van der Waals surface area contributed by atoms with Crippen LogP contribution in [0.2, 0.25) is 0 Å². The van der Waals surface area contributed by atoms with E-state index in [0.717, 1.165) is 19.4 Å². The van der Waals surface area contributed by atoms with E-state index < -0.39 is 5.60 Å². The second kappa shape index (κ2) is 2.01. The summed E-state index contributed by atoms with van der Waals surface area (Å²) in [4.78, 5) is 11.6. The molecule has 4 atom stereocenters. The molecular weight excluding hydrogens is 178 g/mol.